The van der Waals surface area contributed by atoms with Gasteiger partial charge in [-0.3, -0.25) is 0 Å². The number of benzene rings is 1. The van der Waals surface area contributed by atoms with Crippen molar-refractivity contribution in [2.24, 2.45) is 0 Å². The van der Waals surface area contributed by atoms with E-state index in [4.69, 9.17) is 14.2 Å². The molecular weight excluding hydrogens is 266 g/mol. The van der Waals surface area contributed by atoms with Crippen molar-refractivity contribution in [3.8, 4) is 5.75 Å². The molecule has 0 bridgehead atoms. The first-order valence-corrected chi connectivity index (χ1v) is 7.80. The van der Waals surface area contributed by atoms with Gasteiger partial charge in [-0.15, -0.1) is 0 Å². The van der Waals surface area contributed by atoms with Crippen LogP contribution in [0.25, 0.3) is 0 Å². The van der Waals surface area contributed by atoms with E-state index in [1.807, 2.05) is 6.07 Å². The van der Waals surface area contributed by atoms with Crippen LogP contribution in [0.4, 0.5) is 0 Å². The number of methoxy groups -OCH3 is 2. The fourth-order valence-corrected chi connectivity index (χ4v) is 2.84. The Morgan fingerprint density at radius 1 is 1.24 bits per heavy atom. The summed E-state index contributed by atoms with van der Waals surface area (Å²) in [7, 11) is 3.44. The third-order valence-corrected chi connectivity index (χ3v) is 3.92. The lowest BCUT2D eigenvalue weighted by Crippen LogP contribution is -2.31. The summed E-state index contributed by atoms with van der Waals surface area (Å²) in [6.45, 7) is 4.68. The smallest absolute Gasteiger partial charge is 0.119 e. The molecule has 4 heteroatoms. The summed E-state index contributed by atoms with van der Waals surface area (Å²) in [4.78, 5) is 0. The average molecular weight is 293 g/mol. The highest BCUT2D eigenvalue weighted by Crippen LogP contribution is 2.35. The zero-order chi connectivity index (χ0) is 15.1. The van der Waals surface area contributed by atoms with E-state index in [1.165, 1.54) is 11.1 Å². The largest absolute Gasteiger partial charge is 0.497 e. The fraction of sp³-hybridized carbons (Fsp3) is 0.647. The average Bonchev–Trinajstić information content (AvgIpc) is 2.86. The Morgan fingerprint density at radius 3 is 2.81 bits per heavy atom. The molecule has 0 radical (unpaired) electrons. The molecule has 1 N–H and O–H groups in total. The van der Waals surface area contributed by atoms with Crippen LogP contribution in [0, 0.1) is 0 Å². The van der Waals surface area contributed by atoms with Crippen LogP contribution in [0.5, 0.6) is 5.75 Å². The van der Waals surface area contributed by atoms with Gasteiger partial charge >= 0.3 is 0 Å². The van der Waals surface area contributed by atoms with Crippen LogP contribution in [0.2, 0.25) is 0 Å². The van der Waals surface area contributed by atoms with Crippen molar-refractivity contribution in [1.82, 2.24) is 5.32 Å². The molecule has 0 spiro atoms. The van der Waals surface area contributed by atoms with Crippen molar-refractivity contribution in [2.75, 3.05) is 34.0 Å². The molecule has 0 heterocycles. The molecule has 4 nitrogen and oxygen atoms in total. The number of hydrogen-bond donors (Lipinski definition) is 1. The molecule has 118 valence electrons. The van der Waals surface area contributed by atoms with E-state index in [0.29, 0.717) is 0 Å². The minimum absolute atomic E-state index is 0.204. The Balaban J connectivity index is 2.04. The van der Waals surface area contributed by atoms with Crippen molar-refractivity contribution in [2.45, 2.75) is 38.3 Å². The van der Waals surface area contributed by atoms with Gasteiger partial charge in [-0.05, 0) is 42.6 Å². The van der Waals surface area contributed by atoms with Crippen molar-refractivity contribution in [1.29, 1.82) is 0 Å². The van der Waals surface area contributed by atoms with Gasteiger partial charge in [0.25, 0.3) is 0 Å². The number of fused-ring (bicyclic) bond motifs is 1. The molecule has 0 saturated carbocycles. The quantitative estimate of drug-likeness (QED) is 0.711. The molecule has 1 aliphatic rings. The Kier molecular flexibility index (Phi) is 6.49. The van der Waals surface area contributed by atoms with Crippen molar-refractivity contribution in [3.05, 3.63) is 29.3 Å². The summed E-state index contributed by atoms with van der Waals surface area (Å²) in [5.74, 6) is 0.914. The van der Waals surface area contributed by atoms with Crippen LogP contribution in [-0.2, 0) is 15.9 Å². The van der Waals surface area contributed by atoms with E-state index in [-0.39, 0.29) is 12.1 Å². The Labute approximate surface area is 127 Å². The van der Waals surface area contributed by atoms with Gasteiger partial charge in [0.2, 0.25) is 0 Å². The van der Waals surface area contributed by atoms with Crippen LogP contribution in [0.15, 0.2) is 18.2 Å². The Bertz CT molecular complexity index is 436. The monoisotopic (exact) mass is 293 g/mol. The molecule has 0 fully saturated rings. The van der Waals surface area contributed by atoms with E-state index in [1.54, 1.807) is 14.2 Å². The second-order valence-corrected chi connectivity index (χ2v) is 5.46. The highest BCUT2D eigenvalue weighted by atomic mass is 16.5. The highest BCUT2D eigenvalue weighted by molar-refractivity contribution is 5.42. The van der Waals surface area contributed by atoms with E-state index >= 15 is 0 Å². The van der Waals surface area contributed by atoms with Crippen LogP contribution in [-0.4, -0.2) is 40.1 Å². The maximum atomic E-state index is 6.09. The SMILES string of the molecule is CCCNC1c2cc(OC)ccc2CC1OCCCOC. The van der Waals surface area contributed by atoms with Gasteiger partial charge in [-0.2, -0.15) is 0 Å². The summed E-state index contributed by atoms with van der Waals surface area (Å²) in [6.07, 6.45) is 3.23. The molecule has 1 aliphatic carbocycles. The second-order valence-electron chi connectivity index (χ2n) is 5.46. The standard InChI is InChI=1S/C17H27NO3/c1-4-8-18-17-15-12-14(20-3)7-6-13(15)11-16(17)21-10-5-9-19-2/h6-7,12,16-18H,4-5,8-11H2,1-3H3. The minimum Gasteiger partial charge on any atom is -0.497 e. The third-order valence-electron chi connectivity index (χ3n) is 3.92. The zero-order valence-electron chi connectivity index (χ0n) is 13.4. The maximum absolute atomic E-state index is 6.09. The number of hydrogen-bond acceptors (Lipinski definition) is 4. The molecule has 1 aromatic rings. The Morgan fingerprint density at radius 2 is 2.10 bits per heavy atom. The van der Waals surface area contributed by atoms with Crippen molar-refractivity contribution >= 4 is 0 Å². The molecule has 0 amide bonds. The summed E-state index contributed by atoms with van der Waals surface area (Å²) >= 11 is 0. The highest BCUT2D eigenvalue weighted by Gasteiger charge is 2.32. The summed E-state index contributed by atoms with van der Waals surface area (Å²) in [5.41, 5.74) is 2.68. The van der Waals surface area contributed by atoms with Crippen LogP contribution < -0.4 is 10.1 Å². The van der Waals surface area contributed by atoms with Gasteiger partial charge in [-0.1, -0.05) is 13.0 Å². The predicted octanol–water partition coefficient (Wildman–Crippen LogP) is 2.71. The van der Waals surface area contributed by atoms with Gasteiger partial charge in [0.1, 0.15) is 5.75 Å². The van der Waals surface area contributed by atoms with Gasteiger partial charge < -0.3 is 19.5 Å². The first-order valence-electron chi connectivity index (χ1n) is 7.80. The summed E-state index contributed by atoms with van der Waals surface area (Å²) in [5, 5.41) is 3.62. The lowest BCUT2D eigenvalue weighted by Gasteiger charge is -2.22. The lowest BCUT2D eigenvalue weighted by molar-refractivity contribution is 0.0237. The van der Waals surface area contributed by atoms with Crippen molar-refractivity contribution < 1.29 is 14.2 Å². The van der Waals surface area contributed by atoms with E-state index in [9.17, 15) is 0 Å². The van der Waals surface area contributed by atoms with Crippen LogP contribution >= 0.6 is 0 Å². The molecular formula is C17H27NO3. The minimum atomic E-state index is 0.204. The molecule has 21 heavy (non-hydrogen) atoms. The van der Waals surface area contributed by atoms with Gasteiger partial charge in [0.05, 0.1) is 19.3 Å². The summed E-state index contributed by atoms with van der Waals surface area (Å²) in [6, 6.07) is 6.59. The molecule has 2 unspecified atom stereocenters. The van der Waals surface area contributed by atoms with Crippen LogP contribution in [0.3, 0.4) is 0 Å². The molecule has 1 aromatic carbocycles. The zero-order valence-corrected chi connectivity index (χ0v) is 13.4. The Hall–Kier alpha value is -1.10. The molecule has 2 rings (SSSR count). The van der Waals surface area contributed by atoms with Crippen LogP contribution in [0.1, 0.15) is 36.9 Å². The maximum Gasteiger partial charge on any atom is 0.119 e. The second kappa shape index (κ2) is 8.37. The van der Waals surface area contributed by atoms with Crippen molar-refractivity contribution in [3.63, 3.8) is 0 Å². The number of rotatable bonds is 9. The predicted molar refractivity (Wildman–Crippen MR) is 84.0 cm³/mol. The molecule has 0 aliphatic heterocycles. The number of ether oxygens (including phenoxy) is 3. The van der Waals surface area contributed by atoms with Gasteiger partial charge in [-0.25, -0.2) is 0 Å². The first kappa shape index (κ1) is 16.3. The van der Waals surface area contributed by atoms with E-state index in [0.717, 1.165) is 44.8 Å². The van der Waals surface area contributed by atoms with Gasteiger partial charge in [0.15, 0.2) is 0 Å². The molecule has 0 aromatic heterocycles. The fourth-order valence-electron chi connectivity index (χ4n) is 2.84. The lowest BCUT2D eigenvalue weighted by atomic mass is 10.1. The van der Waals surface area contributed by atoms with Gasteiger partial charge in [0, 0.05) is 26.7 Å². The third kappa shape index (κ3) is 4.19. The topological polar surface area (TPSA) is 39.7 Å². The normalized spacial score (nSPS) is 20.5. The molecule has 0 saturated heterocycles. The van der Waals surface area contributed by atoms with E-state index < -0.39 is 0 Å². The molecule has 2 atom stereocenters. The summed E-state index contributed by atoms with van der Waals surface area (Å²) < 4.78 is 16.5. The first-order chi connectivity index (χ1) is 10.3. The van der Waals surface area contributed by atoms with E-state index in [2.05, 4.69) is 24.4 Å². The number of nitrogens with one attached hydrogen (secondary N) is 1.